The fourth-order valence-electron chi connectivity index (χ4n) is 10.3. The number of aliphatic hydroxyl groups is 2. The van der Waals surface area contributed by atoms with Gasteiger partial charge >= 0.3 is 0 Å². The third-order valence-corrected chi connectivity index (χ3v) is 14.4. The molecule has 3 aromatic rings. The first kappa shape index (κ1) is 39.4. The highest BCUT2D eigenvalue weighted by Gasteiger charge is 2.48. The van der Waals surface area contributed by atoms with Gasteiger partial charge in [-0.1, -0.05) is 73.2 Å². The van der Waals surface area contributed by atoms with E-state index in [1.807, 2.05) is 60.7 Å². The molecule has 11 rings (SSSR count). The molecule has 1 saturated carbocycles. The van der Waals surface area contributed by atoms with Gasteiger partial charge < -0.3 is 36.3 Å². The minimum atomic E-state index is -4.57. The smallest absolute Gasteiger partial charge is 0.268 e. The summed E-state index contributed by atoms with van der Waals surface area (Å²) < 4.78 is 52.1. The Bertz CT molecular complexity index is 2190. The van der Waals surface area contributed by atoms with Gasteiger partial charge in [0.05, 0.1) is 17.0 Å². The summed E-state index contributed by atoms with van der Waals surface area (Å²) in [6, 6.07) is 20.4. The van der Waals surface area contributed by atoms with E-state index in [9.17, 15) is 28.3 Å². The van der Waals surface area contributed by atoms with Crippen molar-refractivity contribution in [3.8, 4) is 23.3 Å². The van der Waals surface area contributed by atoms with Crippen molar-refractivity contribution >= 4 is 16.1 Å². The van der Waals surface area contributed by atoms with Gasteiger partial charge in [-0.05, 0) is 110 Å². The number of nitrogens with two attached hydrogens (primary N) is 2. The lowest BCUT2D eigenvalue weighted by Crippen LogP contribution is -2.39. The maximum Gasteiger partial charge on any atom is 0.268 e. The van der Waals surface area contributed by atoms with E-state index >= 15 is 0 Å². The molecule has 8 aliphatic rings. The predicted molar refractivity (Wildman–Crippen MR) is 217 cm³/mol. The molecule has 12 heteroatoms. The summed E-state index contributed by atoms with van der Waals surface area (Å²) in [5.41, 5.74) is 14.8. The molecule has 8 bridgehead atoms. The Morgan fingerprint density at radius 3 is 2.44 bits per heavy atom. The third-order valence-electron chi connectivity index (χ3n) is 13.1. The van der Waals surface area contributed by atoms with Crippen LogP contribution in [0.4, 0.5) is 0 Å². The Balaban J connectivity index is 1.29. The van der Waals surface area contributed by atoms with Crippen LogP contribution in [-0.2, 0) is 27.0 Å². The van der Waals surface area contributed by atoms with Crippen molar-refractivity contribution in [1.29, 1.82) is 0 Å². The van der Waals surface area contributed by atoms with E-state index in [1.54, 1.807) is 12.1 Å². The maximum absolute atomic E-state index is 13.6. The molecule has 2 fully saturated rings. The second-order valence-electron chi connectivity index (χ2n) is 17.0. The van der Waals surface area contributed by atoms with Crippen LogP contribution in [-0.4, -0.2) is 57.8 Å². The molecule has 8 atom stereocenters. The summed E-state index contributed by atoms with van der Waals surface area (Å²) in [5, 5.41) is 31.2. The van der Waals surface area contributed by atoms with Crippen LogP contribution in [0.2, 0.25) is 0 Å². The molecule has 0 unspecified atom stereocenters. The van der Waals surface area contributed by atoms with E-state index in [-0.39, 0.29) is 48.6 Å². The van der Waals surface area contributed by atoms with Gasteiger partial charge in [0, 0.05) is 42.1 Å². The lowest BCUT2D eigenvalue weighted by molar-refractivity contribution is -0.0131. The van der Waals surface area contributed by atoms with Crippen LogP contribution in [0.3, 0.4) is 0 Å². The lowest BCUT2D eigenvalue weighted by atomic mass is 9.65. The summed E-state index contributed by atoms with van der Waals surface area (Å²) >= 11 is 0. The molecule has 0 spiro atoms. The Labute approximate surface area is 334 Å². The molecule has 0 radical (unpaired) electrons. The highest BCUT2D eigenvalue weighted by molar-refractivity contribution is 7.86. The highest BCUT2D eigenvalue weighted by Crippen LogP contribution is 2.53. The zero-order valence-corrected chi connectivity index (χ0v) is 32.9. The number of aromatic hydroxyl groups is 1. The number of guanidine groups is 1. The van der Waals surface area contributed by atoms with E-state index in [2.05, 4.69) is 11.8 Å². The van der Waals surface area contributed by atoms with Crippen molar-refractivity contribution in [3.05, 3.63) is 106 Å². The highest BCUT2D eigenvalue weighted by atomic mass is 32.2. The molecule has 0 aromatic heterocycles. The first-order chi connectivity index (χ1) is 27.3. The molecule has 8 N–H and O–H groups in total. The van der Waals surface area contributed by atoms with Crippen LogP contribution in [0.25, 0.3) is 0 Å². The topological polar surface area (TPSA) is 198 Å². The Morgan fingerprint density at radius 2 is 1.74 bits per heavy atom. The third kappa shape index (κ3) is 8.32. The average molecular weight is 796 g/mol. The number of ether oxygens (including phenoxy) is 2. The molecular formula is C45H53N3O8S. The molecule has 3 aromatic carbocycles. The number of hydrogen-bond donors (Lipinski definition) is 6. The van der Waals surface area contributed by atoms with Crippen LogP contribution in [0.1, 0.15) is 110 Å². The van der Waals surface area contributed by atoms with Crippen LogP contribution in [0, 0.1) is 29.6 Å². The Morgan fingerprint density at radius 1 is 0.982 bits per heavy atom. The normalized spacial score (nSPS) is 30.4. The summed E-state index contributed by atoms with van der Waals surface area (Å²) in [7, 11) is -4.57. The van der Waals surface area contributed by atoms with Crippen molar-refractivity contribution in [2.75, 3.05) is 6.61 Å². The zero-order chi connectivity index (χ0) is 40.0. The number of rotatable bonds is 6. The van der Waals surface area contributed by atoms with E-state index in [0.29, 0.717) is 74.7 Å². The fraction of sp³-hybridized carbons (Fsp3) is 0.489. The van der Waals surface area contributed by atoms with Crippen molar-refractivity contribution in [2.24, 2.45) is 34.2 Å². The molecule has 2 aliphatic carbocycles. The minimum Gasteiger partial charge on any atom is -0.508 e. The maximum atomic E-state index is 13.6. The van der Waals surface area contributed by atoms with Crippen LogP contribution in [0.5, 0.6) is 11.5 Å². The number of aliphatic imine (C=N–C) groups is 1. The van der Waals surface area contributed by atoms with E-state index in [4.69, 9.17) is 25.9 Å². The first-order valence-electron chi connectivity index (χ1n) is 20.3. The fourth-order valence-corrected chi connectivity index (χ4v) is 11.4. The number of nitrogens with zero attached hydrogens (tertiary/aromatic N) is 1. The summed E-state index contributed by atoms with van der Waals surface area (Å²) in [5.74, 6) is 5.68. The van der Waals surface area contributed by atoms with E-state index in [1.165, 1.54) is 0 Å². The summed E-state index contributed by atoms with van der Waals surface area (Å²) in [4.78, 5) is 4.75. The first-order valence-corrected chi connectivity index (χ1v) is 21.8. The minimum absolute atomic E-state index is 0.0598. The van der Waals surface area contributed by atoms with Gasteiger partial charge in [0.2, 0.25) is 5.72 Å². The number of benzene rings is 3. The van der Waals surface area contributed by atoms with Crippen molar-refractivity contribution in [1.82, 2.24) is 0 Å². The lowest BCUT2D eigenvalue weighted by Gasteiger charge is -2.40. The molecular weight excluding hydrogens is 743 g/mol. The number of allylic oxidation sites excluding steroid dienone is 1. The van der Waals surface area contributed by atoms with Gasteiger partial charge in [-0.25, -0.2) is 4.99 Å². The zero-order valence-electron chi connectivity index (χ0n) is 32.1. The summed E-state index contributed by atoms with van der Waals surface area (Å²) in [6.45, 7) is -0.0598. The second kappa shape index (κ2) is 15.8. The molecule has 302 valence electrons. The van der Waals surface area contributed by atoms with Crippen molar-refractivity contribution in [2.45, 2.75) is 112 Å². The predicted octanol–water partition coefficient (Wildman–Crippen LogP) is 6.12. The van der Waals surface area contributed by atoms with Gasteiger partial charge in [-0.3, -0.25) is 4.55 Å². The molecule has 57 heavy (non-hydrogen) atoms. The van der Waals surface area contributed by atoms with Crippen molar-refractivity contribution < 1.29 is 37.8 Å². The van der Waals surface area contributed by atoms with Crippen LogP contribution < -0.4 is 16.2 Å². The molecule has 6 heterocycles. The summed E-state index contributed by atoms with van der Waals surface area (Å²) in [6.07, 6.45) is 7.96. The van der Waals surface area contributed by atoms with Crippen molar-refractivity contribution in [3.63, 3.8) is 0 Å². The van der Waals surface area contributed by atoms with Gasteiger partial charge in [0.15, 0.2) is 5.96 Å². The average Bonchev–Trinajstić information content (AvgIpc) is 3.56. The Hall–Kier alpha value is -4.38. The van der Waals surface area contributed by atoms with Gasteiger partial charge in [0.25, 0.3) is 10.1 Å². The van der Waals surface area contributed by atoms with E-state index < -0.39 is 38.7 Å². The van der Waals surface area contributed by atoms with Gasteiger partial charge in [0.1, 0.15) is 17.6 Å². The Kier molecular flexibility index (Phi) is 10.9. The quantitative estimate of drug-likeness (QED) is 0.0556. The van der Waals surface area contributed by atoms with Gasteiger partial charge in [-0.15, -0.1) is 0 Å². The number of aryl methyl sites for hydroxylation is 1. The monoisotopic (exact) mass is 795 g/mol. The largest absolute Gasteiger partial charge is 0.508 e. The number of hydrogen-bond acceptors (Lipinski definition) is 8. The standard InChI is InChI=1S/C45H53N3O8S/c46-43(47)48-45(21-20-44(51)18-1-2-19-44)34-11-9-30(10-12-34)41-32-23-33(26-39(41)40(57(52,53)54)17-8-28-6-14-36(56-45)15-7-28)42-38-16-13-35(50)24-31(38)5-3-4-29(27-49)22-37(25-32)55-42/h6-7,9-16,24,26,29,32,37,39-42,49-51H,1-2,4,8,17-23,25,27H2,(H4,46,47,48)(H,52,53,54)/t29-,32+,37-,39+,40+,41+,42+,45-/m0/s1. The number of phenolic OH excluding ortho intramolecular Hbond substituents is 1. The second-order valence-corrected chi connectivity index (χ2v) is 18.6. The molecule has 0 amide bonds. The number of fused-ring (bicyclic) bond motifs is 7. The molecule has 1 saturated heterocycles. The molecule has 6 aliphatic heterocycles. The number of aliphatic hydroxyl groups excluding tert-OH is 1. The van der Waals surface area contributed by atoms with Crippen LogP contribution >= 0.6 is 0 Å². The number of phenols is 1. The van der Waals surface area contributed by atoms with E-state index in [0.717, 1.165) is 35.1 Å². The van der Waals surface area contributed by atoms with Crippen LogP contribution in [0.15, 0.2) is 83.4 Å². The molecule has 11 nitrogen and oxygen atoms in total. The SMILES string of the molecule is NC(N)=N[C@@]1(CCC2(O)CCCC2)Oc2ccc(cc2)CC[C@@H](S(=O)(=O)O)[C@H]2C=C3C[C@H](C[C@@H]4C[C@@H](CO)CC#Cc5cc(O)ccc5[C@@H]3O4)[C@H]2c2ccc1cc2. The van der Waals surface area contributed by atoms with Gasteiger partial charge in [-0.2, -0.15) is 8.42 Å².